The summed E-state index contributed by atoms with van der Waals surface area (Å²) in [7, 11) is -2.07. The van der Waals surface area contributed by atoms with Crippen molar-refractivity contribution in [3.05, 3.63) is 47.9 Å². The first-order valence-corrected chi connectivity index (χ1v) is 11.1. The first-order valence-electron chi connectivity index (χ1n) is 9.65. The molecule has 1 unspecified atom stereocenters. The fourth-order valence-electron chi connectivity index (χ4n) is 3.54. The Bertz CT molecular complexity index is 1140. The van der Waals surface area contributed by atoms with Crippen LogP contribution in [0.2, 0.25) is 0 Å². The maximum absolute atomic E-state index is 13.2. The van der Waals surface area contributed by atoms with Crippen LogP contribution in [0.5, 0.6) is 5.75 Å². The van der Waals surface area contributed by atoms with E-state index in [2.05, 4.69) is 20.2 Å². The van der Waals surface area contributed by atoms with Crippen molar-refractivity contribution in [2.75, 3.05) is 20.2 Å². The van der Waals surface area contributed by atoms with Gasteiger partial charge >= 0.3 is 0 Å². The van der Waals surface area contributed by atoms with Crippen molar-refractivity contribution in [1.82, 2.24) is 24.5 Å². The number of sulfonamides is 1. The minimum Gasteiger partial charge on any atom is -0.496 e. The number of nitrogens with zero attached hydrogens (tertiary/aromatic N) is 5. The van der Waals surface area contributed by atoms with Crippen LogP contribution >= 0.6 is 0 Å². The Morgan fingerprint density at radius 2 is 1.93 bits per heavy atom. The van der Waals surface area contributed by atoms with E-state index >= 15 is 0 Å². The standard InChI is InChI=1S/C20H23N5O4S/c1-13-9-17(6-7-18(13)28-3)30(26,27)25-8-4-5-15(12-25)19-23-24-20(29-19)16-10-21-14(2)22-11-16/h6-7,9-11,15H,4-5,8,12H2,1-3H3. The highest BCUT2D eigenvalue weighted by atomic mass is 32.2. The third-order valence-electron chi connectivity index (χ3n) is 5.21. The highest BCUT2D eigenvalue weighted by Crippen LogP contribution is 2.32. The quantitative estimate of drug-likeness (QED) is 0.609. The summed E-state index contributed by atoms with van der Waals surface area (Å²) in [5, 5.41) is 8.24. The van der Waals surface area contributed by atoms with E-state index in [1.807, 2.05) is 6.92 Å². The van der Waals surface area contributed by atoms with Crippen LogP contribution in [0.1, 0.15) is 36.0 Å². The Morgan fingerprint density at radius 1 is 1.17 bits per heavy atom. The first-order chi connectivity index (χ1) is 14.4. The van der Waals surface area contributed by atoms with Crippen LogP contribution in [0, 0.1) is 13.8 Å². The van der Waals surface area contributed by atoms with E-state index in [4.69, 9.17) is 9.15 Å². The molecule has 2 aromatic heterocycles. The van der Waals surface area contributed by atoms with Crippen molar-refractivity contribution in [3.63, 3.8) is 0 Å². The molecule has 0 aliphatic carbocycles. The monoisotopic (exact) mass is 429 g/mol. The fourth-order valence-corrected chi connectivity index (χ4v) is 5.15. The van der Waals surface area contributed by atoms with E-state index in [0.29, 0.717) is 48.4 Å². The van der Waals surface area contributed by atoms with E-state index in [0.717, 1.165) is 12.0 Å². The molecule has 3 aromatic rings. The van der Waals surface area contributed by atoms with Gasteiger partial charge < -0.3 is 9.15 Å². The van der Waals surface area contributed by atoms with Gasteiger partial charge in [-0.3, -0.25) is 0 Å². The largest absolute Gasteiger partial charge is 0.496 e. The third-order valence-corrected chi connectivity index (χ3v) is 7.07. The molecule has 9 nitrogen and oxygen atoms in total. The van der Waals surface area contributed by atoms with Gasteiger partial charge in [0.1, 0.15) is 11.6 Å². The van der Waals surface area contributed by atoms with Gasteiger partial charge in [0.25, 0.3) is 5.89 Å². The Hall–Kier alpha value is -2.85. The molecule has 0 bridgehead atoms. The molecule has 1 fully saturated rings. The van der Waals surface area contributed by atoms with Gasteiger partial charge in [-0.15, -0.1) is 10.2 Å². The Balaban J connectivity index is 1.54. The number of hydrogen-bond acceptors (Lipinski definition) is 8. The normalized spacial score (nSPS) is 17.8. The predicted molar refractivity (Wildman–Crippen MR) is 109 cm³/mol. The smallest absolute Gasteiger partial charge is 0.250 e. The van der Waals surface area contributed by atoms with Crippen LogP contribution in [0.4, 0.5) is 0 Å². The number of methoxy groups -OCH3 is 1. The average molecular weight is 430 g/mol. The van der Waals surface area contributed by atoms with Crippen LogP contribution in [0.25, 0.3) is 11.5 Å². The van der Waals surface area contributed by atoms with Crippen LogP contribution in [0.3, 0.4) is 0 Å². The minimum atomic E-state index is -3.63. The number of ether oxygens (including phenoxy) is 1. The molecule has 1 atom stereocenters. The number of aryl methyl sites for hydroxylation is 2. The second-order valence-corrected chi connectivity index (χ2v) is 9.24. The predicted octanol–water partition coefficient (Wildman–Crippen LogP) is 2.72. The van der Waals surface area contributed by atoms with Crippen LogP contribution in [0.15, 0.2) is 39.9 Å². The van der Waals surface area contributed by atoms with Gasteiger partial charge in [0.2, 0.25) is 15.9 Å². The van der Waals surface area contributed by atoms with Crippen LogP contribution < -0.4 is 4.74 Å². The van der Waals surface area contributed by atoms with Crippen molar-refractivity contribution in [2.45, 2.75) is 37.5 Å². The van der Waals surface area contributed by atoms with E-state index in [1.165, 1.54) is 4.31 Å². The van der Waals surface area contributed by atoms with Gasteiger partial charge in [0, 0.05) is 25.5 Å². The van der Waals surface area contributed by atoms with E-state index in [1.54, 1.807) is 44.6 Å². The number of hydrogen-bond donors (Lipinski definition) is 0. The fraction of sp³-hybridized carbons (Fsp3) is 0.400. The summed E-state index contributed by atoms with van der Waals surface area (Å²) in [6, 6.07) is 4.89. The van der Waals surface area contributed by atoms with Crippen LogP contribution in [-0.4, -0.2) is 53.1 Å². The zero-order valence-corrected chi connectivity index (χ0v) is 17.9. The number of piperidine rings is 1. The molecule has 0 amide bonds. The molecule has 10 heteroatoms. The lowest BCUT2D eigenvalue weighted by Crippen LogP contribution is -2.39. The summed E-state index contributed by atoms with van der Waals surface area (Å²) in [4.78, 5) is 8.53. The molecular formula is C20H23N5O4S. The van der Waals surface area contributed by atoms with Crippen molar-refractivity contribution >= 4 is 10.0 Å². The third kappa shape index (κ3) is 3.92. The molecule has 1 aliphatic rings. The van der Waals surface area contributed by atoms with Gasteiger partial charge in [-0.05, 0) is 50.5 Å². The number of benzene rings is 1. The lowest BCUT2D eigenvalue weighted by molar-refractivity contribution is 0.286. The maximum atomic E-state index is 13.2. The highest BCUT2D eigenvalue weighted by Gasteiger charge is 2.33. The molecule has 1 aliphatic heterocycles. The topological polar surface area (TPSA) is 111 Å². The molecule has 30 heavy (non-hydrogen) atoms. The minimum absolute atomic E-state index is 0.166. The second kappa shape index (κ2) is 8.11. The molecule has 4 rings (SSSR count). The van der Waals surface area contributed by atoms with Gasteiger partial charge in [0.15, 0.2) is 0 Å². The highest BCUT2D eigenvalue weighted by molar-refractivity contribution is 7.89. The zero-order chi connectivity index (χ0) is 21.3. The molecule has 0 spiro atoms. The lowest BCUT2D eigenvalue weighted by Gasteiger charge is -2.30. The molecule has 0 saturated carbocycles. The maximum Gasteiger partial charge on any atom is 0.250 e. The van der Waals surface area contributed by atoms with Crippen LogP contribution in [-0.2, 0) is 10.0 Å². The number of aromatic nitrogens is 4. The average Bonchev–Trinajstić information content (AvgIpc) is 3.24. The molecule has 0 N–H and O–H groups in total. The van der Waals surface area contributed by atoms with E-state index < -0.39 is 10.0 Å². The van der Waals surface area contributed by atoms with Crippen molar-refractivity contribution in [1.29, 1.82) is 0 Å². The molecule has 1 saturated heterocycles. The summed E-state index contributed by atoms with van der Waals surface area (Å²) >= 11 is 0. The first kappa shape index (κ1) is 20.4. The van der Waals surface area contributed by atoms with Gasteiger partial charge in [0.05, 0.1) is 23.5 Å². The summed E-state index contributed by atoms with van der Waals surface area (Å²) in [5.74, 6) is 1.90. The lowest BCUT2D eigenvalue weighted by atomic mass is 10.00. The molecule has 158 valence electrons. The van der Waals surface area contributed by atoms with E-state index in [9.17, 15) is 8.42 Å². The molecule has 1 aromatic carbocycles. The van der Waals surface area contributed by atoms with Gasteiger partial charge in [-0.2, -0.15) is 4.31 Å². The molecule has 3 heterocycles. The van der Waals surface area contributed by atoms with Crippen molar-refractivity contribution in [3.8, 4) is 17.2 Å². The SMILES string of the molecule is COc1ccc(S(=O)(=O)N2CCCC(c3nnc(-c4cnc(C)nc4)o3)C2)cc1C. The molecule has 0 radical (unpaired) electrons. The Labute approximate surface area is 175 Å². The molecular weight excluding hydrogens is 406 g/mol. The zero-order valence-electron chi connectivity index (χ0n) is 17.1. The summed E-state index contributed by atoms with van der Waals surface area (Å²) in [6.07, 6.45) is 4.75. The Morgan fingerprint density at radius 3 is 2.63 bits per heavy atom. The van der Waals surface area contributed by atoms with Gasteiger partial charge in [-0.25, -0.2) is 18.4 Å². The van der Waals surface area contributed by atoms with Crippen molar-refractivity contribution in [2.24, 2.45) is 0 Å². The van der Waals surface area contributed by atoms with E-state index in [-0.39, 0.29) is 10.8 Å². The number of rotatable bonds is 5. The summed E-state index contributed by atoms with van der Waals surface area (Å²) in [6.45, 7) is 4.37. The van der Waals surface area contributed by atoms with Gasteiger partial charge in [-0.1, -0.05) is 0 Å². The summed E-state index contributed by atoms with van der Waals surface area (Å²) < 4.78 is 38.9. The Kier molecular flexibility index (Phi) is 5.52. The summed E-state index contributed by atoms with van der Waals surface area (Å²) in [5.41, 5.74) is 1.40. The van der Waals surface area contributed by atoms with Crippen molar-refractivity contribution < 1.29 is 17.6 Å². The second-order valence-electron chi connectivity index (χ2n) is 7.30.